The highest BCUT2D eigenvalue weighted by molar-refractivity contribution is 7.65. The molecule has 0 aliphatic carbocycles. The van der Waals surface area contributed by atoms with Gasteiger partial charge in [0.25, 0.3) is 0 Å². The molecule has 0 saturated carbocycles. The van der Waals surface area contributed by atoms with Gasteiger partial charge in [-0.05, 0) is 12.1 Å². The molecule has 0 saturated heterocycles. The van der Waals surface area contributed by atoms with E-state index in [4.69, 9.17) is 4.74 Å². The van der Waals surface area contributed by atoms with Crippen LogP contribution in [0.15, 0.2) is 24.3 Å². The molecule has 0 amide bonds. The van der Waals surface area contributed by atoms with E-state index < -0.39 is 7.37 Å². The van der Waals surface area contributed by atoms with Crippen LogP contribution in [0.25, 0.3) is 0 Å². The van der Waals surface area contributed by atoms with Gasteiger partial charge in [-0.1, -0.05) is 12.1 Å². The summed E-state index contributed by atoms with van der Waals surface area (Å²) in [5.74, 6) is 0.464. The molecule has 0 spiro atoms. The zero-order valence-corrected chi connectivity index (χ0v) is 7.91. The fourth-order valence-electron chi connectivity index (χ4n) is 0.973. The van der Waals surface area contributed by atoms with Crippen molar-refractivity contribution in [3.05, 3.63) is 24.3 Å². The monoisotopic (exact) mass is 186 g/mol. The molecule has 1 aromatic carbocycles. The lowest BCUT2D eigenvalue weighted by molar-refractivity contribution is 0.416. The molecule has 0 fully saturated rings. The van der Waals surface area contributed by atoms with Crippen LogP contribution < -0.4 is 10.0 Å². The van der Waals surface area contributed by atoms with Gasteiger partial charge in [-0.2, -0.15) is 0 Å². The topological polar surface area (TPSA) is 46.5 Å². The van der Waals surface area contributed by atoms with Gasteiger partial charge in [0.05, 0.1) is 12.4 Å². The minimum absolute atomic E-state index is 0.368. The molecule has 66 valence electrons. The maximum atomic E-state index is 11.3. The molecular weight excluding hydrogens is 175 g/mol. The van der Waals surface area contributed by atoms with E-state index >= 15 is 0 Å². The van der Waals surface area contributed by atoms with Crippen molar-refractivity contribution in [2.45, 2.75) is 0 Å². The van der Waals surface area contributed by atoms with E-state index in [1.54, 1.807) is 24.3 Å². The number of rotatable bonds is 2. The first kappa shape index (κ1) is 9.30. The molecule has 0 aromatic heterocycles. The third-order valence-electron chi connectivity index (χ3n) is 1.53. The normalized spacial score (nSPS) is 15.2. The molecule has 0 aliphatic rings. The van der Waals surface area contributed by atoms with Crippen LogP contribution >= 0.6 is 7.37 Å². The van der Waals surface area contributed by atoms with Crippen molar-refractivity contribution in [1.82, 2.24) is 0 Å². The van der Waals surface area contributed by atoms with Crippen LogP contribution in [0.3, 0.4) is 0 Å². The van der Waals surface area contributed by atoms with Gasteiger partial charge in [0, 0.05) is 6.66 Å². The van der Waals surface area contributed by atoms with E-state index in [1.807, 2.05) is 0 Å². The molecule has 0 radical (unpaired) electrons. The predicted molar refractivity (Wildman–Crippen MR) is 48.4 cm³/mol. The van der Waals surface area contributed by atoms with Crippen molar-refractivity contribution >= 4 is 12.7 Å². The second-order valence-corrected chi connectivity index (χ2v) is 4.79. The molecule has 1 N–H and O–H groups in total. The van der Waals surface area contributed by atoms with Crippen LogP contribution in [0.4, 0.5) is 0 Å². The second-order valence-electron chi connectivity index (χ2n) is 2.55. The van der Waals surface area contributed by atoms with E-state index in [0.717, 1.165) is 0 Å². The van der Waals surface area contributed by atoms with Gasteiger partial charge in [0.2, 0.25) is 7.37 Å². The molecule has 0 aliphatic heterocycles. The first-order chi connectivity index (χ1) is 5.55. The van der Waals surface area contributed by atoms with Gasteiger partial charge in [-0.15, -0.1) is 0 Å². The summed E-state index contributed by atoms with van der Waals surface area (Å²) in [6.45, 7) is 1.30. The summed E-state index contributed by atoms with van der Waals surface area (Å²) < 4.78 is 16.2. The SMILES string of the molecule is COc1ccccc1P(C)(=O)O. The van der Waals surface area contributed by atoms with Crippen molar-refractivity contribution in [3.63, 3.8) is 0 Å². The van der Waals surface area contributed by atoms with Gasteiger partial charge < -0.3 is 9.63 Å². The number of para-hydroxylation sites is 1. The van der Waals surface area contributed by atoms with Crippen LogP contribution in [0.5, 0.6) is 5.75 Å². The first-order valence-corrected chi connectivity index (χ1v) is 5.60. The molecule has 0 bridgehead atoms. The maximum absolute atomic E-state index is 11.3. The fourth-order valence-corrected chi connectivity index (χ4v) is 1.91. The molecule has 1 aromatic rings. The minimum Gasteiger partial charge on any atom is -0.496 e. The summed E-state index contributed by atoms with van der Waals surface area (Å²) in [6.07, 6.45) is 0. The summed E-state index contributed by atoms with van der Waals surface area (Å²) in [5, 5.41) is 0.368. The smallest absolute Gasteiger partial charge is 0.230 e. The largest absolute Gasteiger partial charge is 0.496 e. The Labute approximate surface area is 71.4 Å². The molecule has 3 nitrogen and oxygen atoms in total. The summed E-state index contributed by atoms with van der Waals surface area (Å²) in [7, 11) is -1.72. The summed E-state index contributed by atoms with van der Waals surface area (Å²) >= 11 is 0. The predicted octanol–water partition coefficient (Wildman–Crippen LogP) is 1.22. The Balaban J connectivity index is 3.23. The average Bonchev–Trinajstić information content (AvgIpc) is 2.03. The van der Waals surface area contributed by atoms with Crippen molar-refractivity contribution in [2.24, 2.45) is 0 Å². The van der Waals surface area contributed by atoms with Gasteiger partial charge in [-0.25, -0.2) is 0 Å². The molecule has 4 heteroatoms. The van der Waals surface area contributed by atoms with E-state index in [0.29, 0.717) is 11.1 Å². The lowest BCUT2D eigenvalue weighted by Gasteiger charge is -2.09. The summed E-state index contributed by atoms with van der Waals surface area (Å²) in [6, 6.07) is 6.74. The second kappa shape index (κ2) is 3.30. The highest BCUT2D eigenvalue weighted by Gasteiger charge is 2.17. The number of ether oxygens (including phenoxy) is 1. The zero-order chi connectivity index (χ0) is 9.19. The molecule has 0 heterocycles. The Kier molecular flexibility index (Phi) is 2.55. The Morgan fingerprint density at radius 2 is 2.00 bits per heavy atom. The quantitative estimate of drug-likeness (QED) is 0.706. The van der Waals surface area contributed by atoms with Crippen LogP contribution in [0.1, 0.15) is 0 Å². The van der Waals surface area contributed by atoms with Gasteiger partial charge in [0.15, 0.2) is 0 Å². The van der Waals surface area contributed by atoms with Crippen molar-refractivity contribution in [1.29, 1.82) is 0 Å². The zero-order valence-electron chi connectivity index (χ0n) is 7.02. The first-order valence-electron chi connectivity index (χ1n) is 3.49. The van der Waals surface area contributed by atoms with Crippen LogP contribution in [0, 0.1) is 0 Å². The fraction of sp³-hybridized carbons (Fsp3) is 0.250. The third-order valence-corrected chi connectivity index (χ3v) is 2.80. The van der Waals surface area contributed by atoms with Crippen molar-refractivity contribution < 1.29 is 14.2 Å². The molecule has 1 unspecified atom stereocenters. The van der Waals surface area contributed by atoms with Gasteiger partial charge in [-0.3, -0.25) is 4.57 Å². The Hall–Kier alpha value is -0.790. The highest BCUT2D eigenvalue weighted by Crippen LogP contribution is 2.37. The van der Waals surface area contributed by atoms with Crippen LogP contribution in [0.2, 0.25) is 0 Å². The molecule has 1 atom stereocenters. The average molecular weight is 186 g/mol. The van der Waals surface area contributed by atoms with Crippen LogP contribution in [-0.4, -0.2) is 18.7 Å². The number of benzene rings is 1. The maximum Gasteiger partial charge on any atom is 0.230 e. The lowest BCUT2D eigenvalue weighted by atomic mass is 10.3. The standard InChI is InChI=1S/C8H11O3P/c1-11-7-5-3-4-6-8(7)12(2,9)10/h3-6H,1-2H3,(H,9,10). The van der Waals surface area contributed by atoms with Gasteiger partial charge >= 0.3 is 0 Å². The van der Waals surface area contributed by atoms with Gasteiger partial charge in [0.1, 0.15) is 5.75 Å². The van der Waals surface area contributed by atoms with E-state index in [9.17, 15) is 9.46 Å². The van der Waals surface area contributed by atoms with E-state index in [1.165, 1.54) is 13.8 Å². The Morgan fingerprint density at radius 3 is 2.42 bits per heavy atom. The minimum atomic E-state index is -3.20. The van der Waals surface area contributed by atoms with E-state index in [-0.39, 0.29) is 0 Å². The highest BCUT2D eigenvalue weighted by atomic mass is 31.2. The molecule has 12 heavy (non-hydrogen) atoms. The van der Waals surface area contributed by atoms with Crippen molar-refractivity contribution in [3.8, 4) is 5.75 Å². The Bertz CT molecular complexity index is 316. The molecular formula is C8H11O3P. The van der Waals surface area contributed by atoms with Crippen LogP contribution in [-0.2, 0) is 4.57 Å². The van der Waals surface area contributed by atoms with Crippen molar-refractivity contribution in [2.75, 3.05) is 13.8 Å². The Morgan fingerprint density at radius 1 is 1.42 bits per heavy atom. The number of hydrogen-bond donors (Lipinski definition) is 1. The van der Waals surface area contributed by atoms with E-state index in [2.05, 4.69) is 0 Å². The summed E-state index contributed by atoms with van der Waals surface area (Å²) in [5.41, 5.74) is 0. The lowest BCUT2D eigenvalue weighted by Crippen LogP contribution is -2.06. The summed E-state index contributed by atoms with van der Waals surface area (Å²) in [4.78, 5) is 9.28. The third kappa shape index (κ3) is 1.87. The number of hydrogen-bond acceptors (Lipinski definition) is 2. The number of methoxy groups -OCH3 is 1. The molecule has 1 rings (SSSR count).